The van der Waals surface area contributed by atoms with E-state index in [9.17, 15) is 4.79 Å². The molecule has 0 saturated carbocycles. The Morgan fingerprint density at radius 2 is 1.90 bits per heavy atom. The molecule has 0 atom stereocenters. The molecule has 1 N–H and O–H groups in total. The maximum atomic E-state index is 11.6. The normalized spacial score (nSPS) is 16.4. The summed E-state index contributed by atoms with van der Waals surface area (Å²) in [5.41, 5.74) is 1.96. The molecule has 0 spiro atoms. The number of hydrogen-bond donors (Lipinski definition) is 1. The van der Waals surface area contributed by atoms with Crippen molar-refractivity contribution in [2.24, 2.45) is 0 Å². The molecule has 4 nitrogen and oxygen atoms in total. The molecule has 1 aromatic carbocycles. The average Bonchev–Trinajstić information content (AvgIpc) is 2.53. The predicted octanol–water partition coefficient (Wildman–Crippen LogP) is 2.44. The lowest BCUT2D eigenvalue weighted by Gasteiger charge is -2.37. The fourth-order valence-electron chi connectivity index (χ4n) is 2.87. The van der Waals surface area contributed by atoms with Gasteiger partial charge in [-0.25, -0.2) is 0 Å². The third-order valence-electron chi connectivity index (χ3n) is 4.13. The van der Waals surface area contributed by atoms with Crippen molar-refractivity contribution in [3.8, 4) is 0 Å². The molecular formula is C17H26N2O2. The average molecular weight is 290 g/mol. The van der Waals surface area contributed by atoms with E-state index in [1.54, 1.807) is 7.05 Å². The molecule has 1 aliphatic rings. The number of rotatable bonds is 5. The zero-order chi connectivity index (χ0) is 15.2. The number of nitrogens with zero attached hydrogens (tertiary/aromatic N) is 1. The Labute approximate surface area is 127 Å². The predicted molar refractivity (Wildman–Crippen MR) is 84.4 cm³/mol. The van der Waals surface area contributed by atoms with Crippen LogP contribution in [0.3, 0.4) is 0 Å². The van der Waals surface area contributed by atoms with Gasteiger partial charge in [-0.15, -0.1) is 0 Å². The zero-order valence-electron chi connectivity index (χ0n) is 13.3. The van der Waals surface area contributed by atoms with E-state index in [-0.39, 0.29) is 5.91 Å². The summed E-state index contributed by atoms with van der Waals surface area (Å²) in [6, 6.07) is 9.01. The molecule has 1 saturated heterocycles. The number of benzene rings is 1. The van der Waals surface area contributed by atoms with E-state index in [1.165, 1.54) is 5.56 Å². The van der Waals surface area contributed by atoms with Crippen molar-refractivity contribution in [2.45, 2.75) is 45.3 Å². The molecule has 116 valence electrons. The lowest BCUT2D eigenvalue weighted by molar-refractivity contribution is 0.0188. The van der Waals surface area contributed by atoms with Gasteiger partial charge in [0.1, 0.15) is 0 Å². The van der Waals surface area contributed by atoms with Gasteiger partial charge in [0.05, 0.1) is 0 Å². The standard InChI is InChI=1S/C17H26N2O2/c1-13(2)19(16-8-10-21-11-9-16)12-14-4-6-15(7-5-14)17(20)18-3/h4-7,13,16H,8-12H2,1-3H3,(H,18,20). The maximum Gasteiger partial charge on any atom is 0.251 e. The summed E-state index contributed by atoms with van der Waals surface area (Å²) in [5, 5.41) is 2.65. The molecular weight excluding hydrogens is 264 g/mol. The lowest BCUT2D eigenvalue weighted by atomic mass is 10.0. The Balaban J connectivity index is 2.04. The summed E-state index contributed by atoms with van der Waals surface area (Å²) in [4.78, 5) is 14.1. The highest BCUT2D eigenvalue weighted by Gasteiger charge is 2.23. The quantitative estimate of drug-likeness (QED) is 0.905. The zero-order valence-corrected chi connectivity index (χ0v) is 13.3. The van der Waals surface area contributed by atoms with E-state index >= 15 is 0 Å². The number of hydrogen-bond acceptors (Lipinski definition) is 3. The van der Waals surface area contributed by atoms with E-state index in [0.29, 0.717) is 17.6 Å². The van der Waals surface area contributed by atoms with Crippen LogP contribution >= 0.6 is 0 Å². The van der Waals surface area contributed by atoms with Crippen molar-refractivity contribution < 1.29 is 9.53 Å². The molecule has 1 amide bonds. The Morgan fingerprint density at radius 1 is 1.29 bits per heavy atom. The second-order valence-electron chi connectivity index (χ2n) is 5.89. The third-order valence-corrected chi connectivity index (χ3v) is 4.13. The van der Waals surface area contributed by atoms with Gasteiger partial charge in [-0.05, 0) is 44.4 Å². The van der Waals surface area contributed by atoms with Gasteiger partial charge in [0.2, 0.25) is 0 Å². The molecule has 1 aromatic rings. The molecule has 0 aliphatic carbocycles. The maximum absolute atomic E-state index is 11.6. The van der Waals surface area contributed by atoms with Crippen LogP contribution in [-0.4, -0.2) is 43.2 Å². The monoisotopic (exact) mass is 290 g/mol. The fourth-order valence-corrected chi connectivity index (χ4v) is 2.87. The molecule has 1 heterocycles. The molecule has 1 fully saturated rings. The Morgan fingerprint density at radius 3 is 2.43 bits per heavy atom. The van der Waals surface area contributed by atoms with Gasteiger partial charge in [-0.2, -0.15) is 0 Å². The highest BCUT2D eigenvalue weighted by molar-refractivity contribution is 5.93. The molecule has 21 heavy (non-hydrogen) atoms. The van der Waals surface area contributed by atoms with Crippen LogP contribution in [0.2, 0.25) is 0 Å². The fraction of sp³-hybridized carbons (Fsp3) is 0.588. The van der Waals surface area contributed by atoms with Gasteiger partial charge < -0.3 is 10.1 Å². The van der Waals surface area contributed by atoms with Crippen molar-refractivity contribution in [2.75, 3.05) is 20.3 Å². The number of amides is 1. The highest BCUT2D eigenvalue weighted by Crippen LogP contribution is 2.20. The van der Waals surface area contributed by atoms with Crippen LogP contribution in [0.4, 0.5) is 0 Å². The van der Waals surface area contributed by atoms with E-state index in [1.807, 2.05) is 12.1 Å². The van der Waals surface area contributed by atoms with Crippen molar-refractivity contribution in [1.29, 1.82) is 0 Å². The van der Waals surface area contributed by atoms with Crippen molar-refractivity contribution >= 4 is 5.91 Å². The summed E-state index contributed by atoms with van der Waals surface area (Å²) in [6.45, 7) is 7.14. The van der Waals surface area contributed by atoms with Crippen LogP contribution < -0.4 is 5.32 Å². The highest BCUT2D eigenvalue weighted by atomic mass is 16.5. The summed E-state index contributed by atoms with van der Waals surface area (Å²) >= 11 is 0. The van der Waals surface area contributed by atoms with E-state index in [2.05, 4.69) is 36.2 Å². The summed E-state index contributed by atoms with van der Waals surface area (Å²) in [6.07, 6.45) is 2.21. The summed E-state index contributed by atoms with van der Waals surface area (Å²) < 4.78 is 5.46. The smallest absolute Gasteiger partial charge is 0.251 e. The molecule has 4 heteroatoms. The number of ether oxygens (including phenoxy) is 1. The van der Waals surface area contributed by atoms with Gasteiger partial charge in [-0.1, -0.05) is 12.1 Å². The SMILES string of the molecule is CNC(=O)c1ccc(CN(C(C)C)C2CCOCC2)cc1. The van der Waals surface area contributed by atoms with Crippen LogP contribution in [-0.2, 0) is 11.3 Å². The molecule has 0 bridgehead atoms. The van der Waals surface area contributed by atoms with E-state index in [4.69, 9.17) is 4.74 Å². The summed E-state index contributed by atoms with van der Waals surface area (Å²) in [5.74, 6) is -0.0355. The minimum Gasteiger partial charge on any atom is -0.381 e. The Kier molecular flexibility index (Phi) is 5.76. The first-order valence-corrected chi connectivity index (χ1v) is 7.76. The van der Waals surface area contributed by atoms with Crippen LogP contribution in [0.5, 0.6) is 0 Å². The van der Waals surface area contributed by atoms with Crippen LogP contribution in [0.25, 0.3) is 0 Å². The minimum absolute atomic E-state index is 0.0355. The molecule has 2 rings (SSSR count). The minimum atomic E-state index is -0.0355. The first-order chi connectivity index (χ1) is 10.1. The second-order valence-corrected chi connectivity index (χ2v) is 5.89. The molecule has 0 aromatic heterocycles. The first kappa shape index (κ1) is 16.0. The van der Waals surface area contributed by atoms with Crippen molar-refractivity contribution in [3.63, 3.8) is 0 Å². The van der Waals surface area contributed by atoms with Gasteiger partial charge in [0.25, 0.3) is 5.91 Å². The van der Waals surface area contributed by atoms with Crippen molar-refractivity contribution in [3.05, 3.63) is 35.4 Å². The summed E-state index contributed by atoms with van der Waals surface area (Å²) in [7, 11) is 1.65. The molecule has 0 radical (unpaired) electrons. The molecule has 0 unspecified atom stereocenters. The van der Waals surface area contributed by atoms with Gasteiger partial charge in [-0.3, -0.25) is 9.69 Å². The number of nitrogens with one attached hydrogen (secondary N) is 1. The lowest BCUT2D eigenvalue weighted by Crippen LogP contribution is -2.43. The second kappa shape index (κ2) is 7.57. The largest absolute Gasteiger partial charge is 0.381 e. The topological polar surface area (TPSA) is 41.6 Å². The van der Waals surface area contributed by atoms with Gasteiger partial charge >= 0.3 is 0 Å². The van der Waals surface area contributed by atoms with E-state index in [0.717, 1.165) is 32.6 Å². The van der Waals surface area contributed by atoms with Crippen molar-refractivity contribution in [1.82, 2.24) is 10.2 Å². The van der Waals surface area contributed by atoms with Gasteiger partial charge in [0.15, 0.2) is 0 Å². The van der Waals surface area contributed by atoms with Gasteiger partial charge in [0, 0.05) is 44.5 Å². The number of carbonyl (C=O) groups is 1. The van der Waals surface area contributed by atoms with Crippen LogP contribution in [0.1, 0.15) is 42.6 Å². The third kappa shape index (κ3) is 4.29. The Hall–Kier alpha value is -1.39. The number of carbonyl (C=O) groups excluding carboxylic acids is 1. The first-order valence-electron chi connectivity index (χ1n) is 7.76. The van der Waals surface area contributed by atoms with E-state index < -0.39 is 0 Å². The Bertz CT molecular complexity index is 450. The molecule has 1 aliphatic heterocycles. The van der Waals surface area contributed by atoms with Crippen LogP contribution in [0.15, 0.2) is 24.3 Å². The van der Waals surface area contributed by atoms with Crippen LogP contribution in [0, 0.1) is 0 Å².